The number of rotatable bonds is 4. The molecule has 0 saturated heterocycles. The first kappa shape index (κ1) is 50.7. The van der Waals surface area contributed by atoms with Gasteiger partial charge < -0.3 is 18.8 Å². The molecule has 2 aliphatic heterocycles. The molecule has 0 N–H and O–H groups in total. The summed E-state index contributed by atoms with van der Waals surface area (Å²) in [5.74, 6) is 0. The van der Waals surface area contributed by atoms with Gasteiger partial charge in [0.25, 0.3) is 6.71 Å². The zero-order valence-corrected chi connectivity index (χ0v) is 49.3. The smallest absolute Gasteiger partial charge is 0.252 e. The van der Waals surface area contributed by atoms with Crippen molar-refractivity contribution in [3.63, 3.8) is 0 Å². The molecule has 4 nitrogen and oxygen atoms in total. The predicted octanol–water partition coefficient (Wildman–Crippen LogP) is 18.9. The van der Waals surface area contributed by atoms with E-state index < -0.39 is 0 Å². The number of aromatic nitrogens is 1. The van der Waals surface area contributed by atoms with Crippen LogP contribution in [0.1, 0.15) is 128 Å². The summed E-state index contributed by atoms with van der Waals surface area (Å²) in [5, 5.41) is 4.84. The Hall–Kier alpha value is -7.76. The van der Waals surface area contributed by atoms with E-state index >= 15 is 0 Å². The van der Waals surface area contributed by atoms with Crippen LogP contribution in [-0.2, 0) is 21.7 Å². The molecule has 0 unspecified atom stereocenters. The van der Waals surface area contributed by atoms with Gasteiger partial charge in [0, 0.05) is 55.5 Å². The first-order valence-electron chi connectivity index (χ1n) is 28.6. The van der Waals surface area contributed by atoms with E-state index in [0.717, 1.165) is 38.8 Å². The Bertz CT molecular complexity index is 4300. The van der Waals surface area contributed by atoms with Gasteiger partial charge >= 0.3 is 0 Å². The Labute approximate surface area is 468 Å². The zero-order chi connectivity index (χ0) is 55.6. The summed E-state index contributed by atoms with van der Waals surface area (Å²) in [6, 6.07) is 60.6. The van der Waals surface area contributed by atoms with E-state index in [-0.39, 0.29) is 28.4 Å². The molecule has 0 spiro atoms. The third-order valence-electron chi connectivity index (χ3n) is 17.6. The fourth-order valence-electron chi connectivity index (χ4n) is 13.4. The Balaban J connectivity index is 1.16. The maximum atomic E-state index is 6.68. The van der Waals surface area contributed by atoms with Gasteiger partial charge in [0.15, 0.2) is 0 Å². The summed E-state index contributed by atoms with van der Waals surface area (Å²) in [7, 11) is 0. The highest BCUT2D eigenvalue weighted by molar-refractivity contribution is 7.00. The molecule has 0 aliphatic carbocycles. The minimum atomic E-state index is -0.178. The summed E-state index contributed by atoms with van der Waals surface area (Å²) >= 11 is 0. The molecule has 2 aromatic heterocycles. The quantitative estimate of drug-likeness (QED) is 0.164. The van der Waals surface area contributed by atoms with Gasteiger partial charge in [-0.1, -0.05) is 174 Å². The Morgan fingerprint density at radius 2 is 0.899 bits per heavy atom. The van der Waals surface area contributed by atoms with Gasteiger partial charge in [0.1, 0.15) is 11.2 Å². The van der Waals surface area contributed by atoms with Gasteiger partial charge in [-0.2, -0.15) is 0 Å². The standard InChI is InChI=1S/C74H74BN3O/c1-43-33-47(53-26-22-27-55-54-25-20-21-28-66(54)79-70(53)55)34-44(2)68(43)77-61-32-30-49(72(8,9)10)38-58(61)75-59-41-57-56-37-48(71(5,6)7)29-31-60(56)76(52-23-18-17-19-24-52)62(57)42-63(59)78(65-40-51(74(14,15)16)39-64(77)67(65)75)69-45(3)35-50(36-46(69)4)73(11,12)13/h17-42H,1-16H3. The largest absolute Gasteiger partial charge is 0.455 e. The van der Waals surface area contributed by atoms with Crippen LogP contribution in [0.4, 0.5) is 34.1 Å². The lowest BCUT2D eigenvalue weighted by atomic mass is 9.33. The number of aryl methyl sites for hydroxylation is 4. The number of benzene rings is 9. The highest BCUT2D eigenvalue weighted by Crippen LogP contribution is 2.51. The predicted molar refractivity (Wildman–Crippen MR) is 341 cm³/mol. The third-order valence-corrected chi connectivity index (χ3v) is 17.6. The normalized spacial score (nSPS) is 13.7. The molecule has 4 heterocycles. The molecule has 0 bridgehead atoms. The van der Waals surface area contributed by atoms with E-state index in [9.17, 15) is 0 Å². The van der Waals surface area contributed by atoms with E-state index in [1.54, 1.807) is 0 Å². The second kappa shape index (κ2) is 17.4. The molecule has 0 radical (unpaired) electrons. The van der Waals surface area contributed by atoms with Crippen molar-refractivity contribution in [2.75, 3.05) is 9.80 Å². The number of hydrogen-bond acceptors (Lipinski definition) is 3. The van der Waals surface area contributed by atoms with Gasteiger partial charge in [0.2, 0.25) is 0 Å². The van der Waals surface area contributed by atoms with E-state index in [4.69, 9.17) is 4.42 Å². The summed E-state index contributed by atoms with van der Waals surface area (Å²) in [6.07, 6.45) is 0. The van der Waals surface area contributed by atoms with Gasteiger partial charge in [-0.15, -0.1) is 0 Å². The monoisotopic (exact) mass is 1030 g/mol. The number of fused-ring (bicyclic) bond motifs is 10. The maximum absolute atomic E-state index is 6.68. The molecule has 0 fully saturated rings. The molecule has 0 amide bonds. The van der Waals surface area contributed by atoms with Crippen molar-refractivity contribution in [1.82, 2.24) is 4.57 Å². The Morgan fingerprint density at radius 1 is 0.380 bits per heavy atom. The van der Waals surface area contributed by atoms with E-state index in [2.05, 4.69) is 283 Å². The van der Waals surface area contributed by atoms with E-state index in [0.29, 0.717) is 0 Å². The van der Waals surface area contributed by atoms with Crippen LogP contribution in [0.25, 0.3) is 60.6 Å². The van der Waals surface area contributed by atoms with Crippen molar-refractivity contribution >= 4 is 101 Å². The van der Waals surface area contributed by atoms with Crippen LogP contribution in [0.15, 0.2) is 162 Å². The summed E-state index contributed by atoms with van der Waals surface area (Å²) in [4.78, 5) is 5.35. The molecule has 0 saturated carbocycles. The van der Waals surface area contributed by atoms with Crippen molar-refractivity contribution in [3.05, 3.63) is 202 Å². The first-order chi connectivity index (χ1) is 37.4. The van der Waals surface area contributed by atoms with Crippen LogP contribution in [0.3, 0.4) is 0 Å². The number of anilines is 6. The number of furan rings is 1. The minimum Gasteiger partial charge on any atom is -0.455 e. The van der Waals surface area contributed by atoms with E-state index in [1.165, 1.54) is 117 Å². The van der Waals surface area contributed by atoms with Crippen LogP contribution in [0.2, 0.25) is 0 Å². The summed E-state index contributed by atoms with van der Waals surface area (Å²) in [5.41, 5.74) is 29.0. The lowest BCUT2D eigenvalue weighted by molar-refractivity contribution is 0.589. The number of hydrogen-bond donors (Lipinski definition) is 0. The van der Waals surface area contributed by atoms with Crippen LogP contribution in [0, 0.1) is 27.7 Å². The molecule has 394 valence electrons. The summed E-state index contributed by atoms with van der Waals surface area (Å²) in [6.45, 7) is 37.5. The van der Waals surface area contributed by atoms with Crippen molar-refractivity contribution < 1.29 is 4.42 Å². The van der Waals surface area contributed by atoms with Crippen molar-refractivity contribution in [3.8, 4) is 16.8 Å². The number of para-hydroxylation sites is 3. The van der Waals surface area contributed by atoms with Crippen LogP contribution in [0.5, 0.6) is 0 Å². The molecular weight excluding hydrogens is 958 g/mol. The average Bonchev–Trinajstić information content (AvgIpc) is 4.12. The molecular formula is C74H74BN3O. The topological polar surface area (TPSA) is 24.6 Å². The number of nitrogens with zero attached hydrogens (tertiary/aromatic N) is 3. The highest BCUT2D eigenvalue weighted by atomic mass is 16.3. The van der Waals surface area contributed by atoms with Crippen LogP contribution in [-0.4, -0.2) is 11.3 Å². The molecule has 9 aromatic carbocycles. The van der Waals surface area contributed by atoms with Gasteiger partial charge in [-0.25, -0.2) is 0 Å². The molecule has 0 atom stereocenters. The summed E-state index contributed by atoms with van der Waals surface area (Å²) < 4.78 is 9.19. The van der Waals surface area contributed by atoms with Crippen molar-refractivity contribution in [1.29, 1.82) is 0 Å². The van der Waals surface area contributed by atoms with Crippen molar-refractivity contribution in [2.24, 2.45) is 0 Å². The fourth-order valence-corrected chi connectivity index (χ4v) is 13.4. The van der Waals surface area contributed by atoms with Gasteiger partial charge in [-0.05, 0) is 183 Å². The minimum absolute atomic E-state index is 0.0161. The first-order valence-corrected chi connectivity index (χ1v) is 28.6. The van der Waals surface area contributed by atoms with Crippen LogP contribution >= 0.6 is 0 Å². The Morgan fingerprint density at radius 3 is 1.53 bits per heavy atom. The molecule has 5 heteroatoms. The van der Waals surface area contributed by atoms with Gasteiger partial charge in [-0.3, -0.25) is 0 Å². The SMILES string of the molecule is Cc1cc(-c2cccc3c2oc2ccccc23)cc(C)c1N1c2ccc(C(C)(C)C)cc2B2c3cc4c5cc(C(C)(C)C)ccc5n(-c5ccccc5)c4cc3N(c3c(C)cc(C(C)(C)C)cc3C)c3cc(C(C)(C)C)cc1c32. The van der Waals surface area contributed by atoms with E-state index in [1.807, 2.05) is 0 Å². The maximum Gasteiger partial charge on any atom is 0.252 e. The van der Waals surface area contributed by atoms with Crippen LogP contribution < -0.4 is 26.2 Å². The molecule has 79 heavy (non-hydrogen) atoms. The fraction of sp³-hybridized carbons (Fsp3) is 0.270. The van der Waals surface area contributed by atoms with Crippen molar-refractivity contribution in [2.45, 2.75) is 132 Å². The van der Waals surface area contributed by atoms with Gasteiger partial charge in [0.05, 0.1) is 22.4 Å². The zero-order valence-electron chi connectivity index (χ0n) is 49.3. The second-order valence-corrected chi connectivity index (χ2v) is 27.3. The average molecular weight is 1030 g/mol. The molecule has 2 aliphatic rings. The third kappa shape index (κ3) is 7.92. The lowest BCUT2D eigenvalue weighted by Crippen LogP contribution is -2.61. The Kier molecular flexibility index (Phi) is 11.2. The molecule has 11 aromatic rings. The molecule has 13 rings (SSSR count). The highest BCUT2D eigenvalue weighted by Gasteiger charge is 2.46. The lowest BCUT2D eigenvalue weighted by Gasteiger charge is -2.46. The second-order valence-electron chi connectivity index (χ2n) is 27.3.